The predicted molar refractivity (Wildman–Crippen MR) is 99.9 cm³/mol. The van der Waals surface area contributed by atoms with Crippen LogP contribution in [0.4, 0.5) is 0 Å². The van der Waals surface area contributed by atoms with Gasteiger partial charge in [0, 0.05) is 22.2 Å². The second-order valence-electron chi connectivity index (χ2n) is 6.36. The summed E-state index contributed by atoms with van der Waals surface area (Å²) in [6.45, 7) is 5.40. The van der Waals surface area contributed by atoms with Crippen molar-refractivity contribution in [1.82, 2.24) is 4.98 Å². The van der Waals surface area contributed by atoms with E-state index in [9.17, 15) is 9.59 Å². The van der Waals surface area contributed by atoms with Crippen molar-refractivity contribution in [1.29, 1.82) is 0 Å². The number of carbonyl (C=O) groups is 2. The first-order valence-electron chi connectivity index (χ1n) is 8.50. The molecule has 1 aromatic heterocycles. The van der Waals surface area contributed by atoms with Gasteiger partial charge in [-0.3, -0.25) is 4.79 Å². The van der Waals surface area contributed by atoms with Crippen molar-refractivity contribution in [2.75, 3.05) is 6.61 Å². The first kappa shape index (κ1) is 17.7. The minimum Gasteiger partial charge on any atom is -0.491 e. The van der Waals surface area contributed by atoms with Crippen LogP contribution in [0.2, 0.25) is 0 Å². The van der Waals surface area contributed by atoms with E-state index in [2.05, 4.69) is 4.98 Å². The highest BCUT2D eigenvalue weighted by molar-refractivity contribution is 6.10. The molecule has 0 fully saturated rings. The van der Waals surface area contributed by atoms with Crippen LogP contribution in [-0.2, 0) is 4.74 Å². The predicted octanol–water partition coefficient (Wildman–Crippen LogP) is 4.30. The molecule has 0 amide bonds. The van der Waals surface area contributed by atoms with Gasteiger partial charge in [-0.05, 0) is 51.1 Å². The molecule has 0 bridgehead atoms. The number of H-pyrrole nitrogens is 1. The first-order chi connectivity index (χ1) is 12.5. The van der Waals surface area contributed by atoms with Crippen LogP contribution < -0.4 is 4.74 Å². The summed E-state index contributed by atoms with van der Waals surface area (Å²) in [5, 5.41) is 0.834. The number of benzene rings is 2. The summed E-state index contributed by atoms with van der Waals surface area (Å²) in [6.07, 6.45) is 0.0600. The smallest absolute Gasteiger partial charge is 0.338 e. The number of rotatable bonds is 6. The number of aromatic amines is 1. The SMILES string of the molecule is Cc1[nH]c2ccccc2c1C(=O)COC(=O)c1ccc(OC(C)C)cc1. The van der Waals surface area contributed by atoms with Crippen molar-refractivity contribution in [3.8, 4) is 5.75 Å². The minimum atomic E-state index is -0.535. The summed E-state index contributed by atoms with van der Waals surface area (Å²) in [7, 11) is 0. The lowest BCUT2D eigenvalue weighted by Gasteiger charge is -2.10. The van der Waals surface area contributed by atoms with Crippen molar-refractivity contribution in [3.05, 3.63) is 65.4 Å². The largest absolute Gasteiger partial charge is 0.491 e. The molecule has 0 aliphatic carbocycles. The molecule has 3 aromatic rings. The standard InChI is InChI=1S/C21H21NO4/c1-13(2)26-16-10-8-15(9-11-16)21(24)25-12-19(23)20-14(3)22-18-7-5-4-6-17(18)20/h4-11,13,22H,12H2,1-3H3. The summed E-state index contributed by atoms with van der Waals surface area (Å²) in [4.78, 5) is 27.9. The Balaban J connectivity index is 1.67. The monoisotopic (exact) mass is 351 g/mol. The molecule has 0 atom stereocenters. The molecule has 0 aliphatic heterocycles. The van der Waals surface area contributed by atoms with Crippen LogP contribution in [0, 0.1) is 6.92 Å². The number of hydrogen-bond acceptors (Lipinski definition) is 4. The molecule has 2 aromatic carbocycles. The Labute approximate surface area is 151 Å². The van der Waals surface area contributed by atoms with Gasteiger partial charge >= 0.3 is 5.97 Å². The molecule has 26 heavy (non-hydrogen) atoms. The number of nitrogens with one attached hydrogen (secondary N) is 1. The lowest BCUT2D eigenvalue weighted by atomic mass is 10.1. The number of aromatic nitrogens is 1. The fourth-order valence-corrected chi connectivity index (χ4v) is 2.86. The van der Waals surface area contributed by atoms with Crippen LogP contribution in [-0.4, -0.2) is 29.4 Å². The van der Waals surface area contributed by atoms with Crippen molar-refractivity contribution in [2.45, 2.75) is 26.9 Å². The molecule has 1 N–H and O–H groups in total. The average molecular weight is 351 g/mol. The van der Waals surface area contributed by atoms with Gasteiger partial charge in [-0.25, -0.2) is 4.79 Å². The first-order valence-corrected chi connectivity index (χ1v) is 8.50. The summed E-state index contributed by atoms with van der Waals surface area (Å²) in [5.74, 6) is -0.0814. The fourth-order valence-electron chi connectivity index (χ4n) is 2.86. The molecule has 0 spiro atoms. The van der Waals surface area contributed by atoms with Crippen LogP contribution in [0.15, 0.2) is 48.5 Å². The zero-order valence-corrected chi connectivity index (χ0v) is 15.0. The molecular weight excluding hydrogens is 330 g/mol. The number of esters is 1. The average Bonchev–Trinajstić information content (AvgIpc) is 2.95. The Morgan fingerprint density at radius 1 is 1.04 bits per heavy atom. The van der Waals surface area contributed by atoms with E-state index in [1.165, 1.54) is 0 Å². The number of ketones is 1. The number of hydrogen-bond donors (Lipinski definition) is 1. The van der Waals surface area contributed by atoms with Crippen LogP contribution >= 0.6 is 0 Å². The summed E-state index contributed by atoms with van der Waals surface area (Å²) in [6, 6.07) is 14.2. The number of fused-ring (bicyclic) bond motifs is 1. The minimum absolute atomic E-state index is 0.0600. The highest BCUT2D eigenvalue weighted by Gasteiger charge is 2.18. The maximum absolute atomic E-state index is 12.5. The highest BCUT2D eigenvalue weighted by atomic mass is 16.5. The molecule has 3 rings (SSSR count). The number of carbonyl (C=O) groups excluding carboxylic acids is 2. The van der Waals surface area contributed by atoms with E-state index < -0.39 is 5.97 Å². The summed E-state index contributed by atoms with van der Waals surface area (Å²) < 4.78 is 10.7. The Hall–Kier alpha value is -3.08. The Morgan fingerprint density at radius 3 is 2.42 bits per heavy atom. The molecule has 0 aliphatic rings. The van der Waals surface area contributed by atoms with Gasteiger partial charge in [-0.15, -0.1) is 0 Å². The molecular formula is C21H21NO4. The number of para-hydroxylation sites is 1. The van der Waals surface area contributed by atoms with Crippen LogP contribution in [0.3, 0.4) is 0 Å². The Bertz CT molecular complexity index is 938. The molecule has 5 heteroatoms. The van der Waals surface area contributed by atoms with E-state index >= 15 is 0 Å². The summed E-state index contributed by atoms with van der Waals surface area (Å²) >= 11 is 0. The lowest BCUT2D eigenvalue weighted by Crippen LogP contribution is -2.15. The lowest BCUT2D eigenvalue weighted by molar-refractivity contribution is 0.0475. The molecule has 0 radical (unpaired) electrons. The van der Waals surface area contributed by atoms with Crippen molar-refractivity contribution in [2.24, 2.45) is 0 Å². The van der Waals surface area contributed by atoms with E-state index in [1.807, 2.05) is 45.0 Å². The Morgan fingerprint density at radius 2 is 1.73 bits per heavy atom. The molecule has 134 valence electrons. The van der Waals surface area contributed by atoms with E-state index in [1.54, 1.807) is 24.3 Å². The third-order valence-electron chi connectivity index (χ3n) is 3.97. The van der Waals surface area contributed by atoms with Gasteiger partial charge in [0.15, 0.2) is 6.61 Å². The highest BCUT2D eigenvalue weighted by Crippen LogP contribution is 2.22. The zero-order chi connectivity index (χ0) is 18.7. The van der Waals surface area contributed by atoms with Gasteiger partial charge in [-0.1, -0.05) is 18.2 Å². The second kappa shape index (κ2) is 7.44. The Kier molecular flexibility index (Phi) is 5.07. The van der Waals surface area contributed by atoms with Gasteiger partial charge in [0.25, 0.3) is 0 Å². The zero-order valence-electron chi connectivity index (χ0n) is 15.0. The quantitative estimate of drug-likeness (QED) is 0.531. The van der Waals surface area contributed by atoms with Gasteiger partial charge < -0.3 is 14.5 Å². The van der Waals surface area contributed by atoms with Gasteiger partial charge in [0.2, 0.25) is 5.78 Å². The van der Waals surface area contributed by atoms with E-state index in [0.29, 0.717) is 16.9 Å². The van der Waals surface area contributed by atoms with Gasteiger partial charge in [-0.2, -0.15) is 0 Å². The van der Waals surface area contributed by atoms with E-state index in [0.717, 1.165) is 16.6 Å². The van der Waals surface area contributed by atoms with Crippen LogP contribution in [0.25, 0.3) is 10.9 Å². The topological polar surface area (TPSA) is 68.4 Å². The molecule has 1 heterocycles. The van der Waals surface area contributed by atoms with Gasteiger partial charge in [0.05, 0.1) is 11.7 Å². The number of aryl methyl sites for hydroxylation is 1. The van der Waals surface area contributed by atoms with Crippen LogP contribution in [0.1, 0.15) is 40.3 Å². The number of ether oxygens (including phenoxy) is 2. The molecule has 0 saturated carbocycles. The third kappa shape index (κ3) is 3.77. The molecule has 5 nitrogen and oxygen atoms in total. The van der Waals surface area contributed by atoms with E-state index in [-0.39, 0.29) is 18.5 Å². The number of Topliss-reactive ketones (excluding diaryl/α,β-unsaturated/α-hetero) is 1. The fraction of sp³-hybridized carbons (Fsp3) is 0.238. The van der Waals surface area contributed by atoms with Crippen LogP contribution in [0.5, 0.6) is 5.75 Å². The maximum atomic E-state index is 12.5. The van der Waals surface area contributed by atoms with E-state index in [4.69, 9.17) is 9.47 Å². The normalized spacial score (nSPS) is 10.9. The van der Waals surface area contributed by atoms with Crippen molar-refractivity contribution in [3.63, 3.8) is 0 Å². The van der Waals surface area contributed by atoms with Crippen molar-refractivity contribution < 1.29 is 19.1 Å². The molecule has 0 unspecified atom stereocenters. The van der Waals surface area contributed by atoms with Crippen molar-refractivity contribution >= 4 is 22.7 Å². The summed E-state index contributed by atoms with van der Waals surface area (Å²) in [5.41, 5.74) is 2.60. The maximum Gasteiger partial charge on any atom is 0.338 e. The second-order valence-corrected chi connectivity index (χ2v) is 6.36. The van der Waals surface area contributed by atoms with Gasteiger partial charge in [0.1, 0.15) is 5.75 Å². The third-order valence-corrected chi connectivity index (χ3v) is 3.97. The molecule has 0 saturated heterocycles.